The molecule has 120 valence electrons. The molecule has 0 atom stereocenters. The van der Waals surface area contributed by atoms with E-state index in [1.165, 1.54) is 23.3 Å². The number of carbonyl (C=O) groups excluding carboxylic acids is 1. The smallest absolute Gasteiger partial charge is 0.255 e. The lowest BCUT2D eigenvalue weighted by molar-refractivity contribution is 0.102. The quantitative estimate of drug-likeness (QED) is 0.851. The molecule has 0 spiro atoms. The van der Waals surface area contributed by atoms with Crippen molar-refractivity contribution in [1.82, 2.24) is 0 Å². The Morgan fingerprint density at radius 2 is 1.57 bits per heavy atom. The number of rotatable bonds is 2. The van der Waals surface area contributed by atoms with Crippen molar-refractivity contribution in [2.45, 2.75) is 44.9 Å². The minimum atomic E-state index is -0.167. The van der Waals surface area contributed by atoms with E-state index in [1.807, 2.05) is 6.07 Å². The molecule has 0 radical (unpaired) electrons. The van der Waals surface area contributed by atoms with E-state index in [0.29, 0.717) is 5.56 Å². The maximum atomic E-state index is 12.3. The summed E-state index contributed by atoms with van der Waals surface area (Å²) < 4.78 is 0. The van der Waals surface area contributed by atoms with Gasteiger partial charge in [0.25, 0.3) is 5.91 Å². The van der Waals surface area contributed by atoms with E-state index in [4.69, 9.17) is 0 Å². The van der Waals surface area contributed by atoms with E-state index < -0.39 is 0 Å². The zero-order chi connectivity index (χ0) is 16.8. The monoisotopic (exact) mass is 309 g/mol. The molecule has 0 aromatic heterocycles. The number of hydrogen-bond acceptors (Lipinski definition) is 2. The molecule has 0 heterocycles. The van der Waals surface area contributed by atoms with Gasteiger partial charge in [-0.25, -0.2) is 0 Å². The molecule has 0 aliphatic heterocycles. The van der Waals surface area contributed by atoms with E-state index >= 15 is 0 Å². The Balaban J connectivity index is 1.88. The van der Waals surface area contributed by atoms with Crippen molar-refractivity contribution in [3.8, 4) is 5.75 Å². The van der Waals surface area contributed by atoms with Crippen LogP contribution in [0.2, 0.25) is 0 Å². The fourth-order valence-electron chi connectivity index (χ4n) is 3.88. The lowest BCUT2D eigenvalue weighted by Crippen LogP contribution is -2.18. The molecule has 1 aliphatic rings. The van der Waals surface area contributed by atoms with Gasteiger partial charge in [0.05, 0.1) is 0 Å². The first-order valence-electron chi connectivity index (χ1n) is 7.94. The number of hydrogen-bond donors (Lipinski definition) is 2. The van der Waals surface area contributed by atoms with Crippen molar-refractivity contribution in [2.75, 3.05) is 5.32 Å². The number of phenolic OH excluding ortho intramolecular Hbond substituents is 1. The number of aromatic hydroxyl groups is 1. The van der Waals surface area contributed by atoms with Crippen LogP contribution in [0.3, 0.4) is 0 Å². The number of phenols is 1. The van der Waals surface area contributed by atoms with Gasteiger partial charge < -0.3 is 10.4 Å². The van der Waals surface area contributed by atoms with Crippen LogP contribution in [0.5, 0.6) is 5.75 Å². The summed E-state index contributed by atoms with van der Waals surface area (Å²) in [6, 6.07) is 12.5. The molecule has 0 unspecified atom stereocenters. The molecule has 0 saturated carbocycles. The largest absolute Gasteiger partial charge is 0.508 e. The number of amides is 1. The van der Waals surface area contributed by atoms with Gasteiger partial charge in [-0.1, -0.05) is 33.8 Å². The van der Waals surface area contributed by atoms with Crippen molar-refractivity contribution in [1.29, 1.82) is 0 Å². The van der Waals surface area contributed by atoms with Gasteiger partial charge in [-0.15, -0.1) is 0 Å². The van der Waals surface area contributed by atoms with Gasteiger partial charge in [0.15, 0.2) is 0 Å². The first-order chi connectivity index (χ1) is 10.7. The number of benzene rings is 2. The van der Waals surface area contributed by atoms with Crippen molar-refractivity contribution >= 4 is 11.6 Å². The molecule has 3 rings (SSSR count). The molecular weight excluding hydrogens is 286 g/mol. The lowest BCUT2D eigenvalue weighted by atomic mass is 9.82. The summed E-state index contributed by atoms with van der Waals surface area (Å²) >= 11 is 0. The maximum absolute atomic E-state index is 12.3. The summed E-state index contributed by atoms with van der Waals surface area (Å²) in [5.41, 5.74) is 4.29. The number of nitrogens with one attached hydrogen (secondary N) is 1. The first-order valence-corrected chi connectivity index (χ1v) is 7.94. The molecule has 2 N–H and O–H groups in total. The SMILES string of the molecule is CC1(C)CC(C)(C)c2cc(NC(=O)c3ccc(O)cc3)ccc21. The van der Waals surface area contributed by atoms with Gasteiger partial charge in [0, 0.05) is 11.3 Å². The second-order valence-corrected chi connectivity index (χ2v) is 7.71. The van der Waals surface area contributed by atoms with Crippen LogP contribution >= 0.6 is 0 Å². The van der Waals surface area contributed by atoms with Gasteiger partial charge in [0.2, 0.25) is 0 Å². The second-order valence-electron chi connectivity index (χ2n) is 7.71. The summed E-state index contributed by atoms with van der Waals surface area (Å²) in [7, 11) is 0. The highest BCUT2D eigenvalue weighted by atomic mass is 16.3. The highest BCUT2D eigenvalue weighted by molar-refractivity contribution is 6.04. The van der Waals surface area contributed by atoms with E-state index in [-0.39, 0.29) is 22.5 Å². The summed E-state index contributed by atoms with van der Waals surface area (Å²) in [4.78, 5) is 12.3. The van der Waals surface area contributed by atoms with Crippen molar-refractivity contribution in [2.24, 2.45) is 0 Å². The third-order valence-corrected chi connectivity index (χ3v) is 4.75. The Hall–Kier alpha value is -2.29. The Kier molecular flexibility index (Phi) is 3.47. The van der Waals surface area contributed by atoms with Gasteiger partial charge in [0.1, 0.15) is 5.75 Å². The average molecular weight is 309 g/mol. The molecule has 1 aliphatic carbocycles. The summed E-state index contributed by atoms with van der Waals surface area (Å²) in [6.45, 7) is 9.06. The summed E-state index contributed by atoms with van der Waals surface area (Å²) in [5.74, 6) is -0.0110. The van der Waals surface area contributed by atoms with E-state index in [0.717, 1.165) is 12.1 Å². The Morgan fingerprint density at radius 1 is 0.957 bits per heavy atom. The molecule has 3 heteroatoms. The maximum Gasteiger partial charge on any atom is 0.255 e. The molecule has 0 fully saturated rings. The molecule has 2 aromatic carbocycles. The van der Waals surface area contributed by atoms with Crippen LogP contribution in [0.15, 0.2) is 42.5 Å². The zero-order valence-electron chi connectivity index (χ0n) is 14.1. The van der Waals surface area contributed by atoms with E-state index in [9.17, 15) is 9.90 Å². The Morgan fingerprint density at radius 3 is 2.22 bits per heavy atom. The third-order valence-electron chi connectivity index (χ3n) is 4.75. The second kappa shape index (κ2) is 5.12. The van der Waals surface area contributed by atoms with Crippen LogP contribution in [-0.2, 0) is 10.8 Å². The number of anilines is 1. The van der Waals surface area contributed by atoms with Crippen LogP contribution in [0.25, 0.3) is 0 Å². The predicted octanol–water partition coefficient (Wildman–Crippen LogP) is 4.60. The van der Waals surface area contributed by atoms with E-state index in [2.05, 4.69) is 45.1 Å². The molecule has 3 nitrogen and oxygen atoms in total. The van der Waals surface area contributed by atoms with Crippen LogP contribution in [-0.4, -0.2) is 11.0 Å². The molecular formula is C20H23NO2. The summed E-state index contributed by atoms with van der Waals surface area (Å²) in [5, 5.41) is 12.3. The Bertz CT molecular complexity index is 758. The van der Waals surface area contributed by atoms with Gasteiger partial charge in [-0.2, -0.15) is 0 Å². The molecule has 0 bridgehead atoms. The van der Waals surface area contributed by atoms with Crippen molar-refractivity contribution in [3.63, 3.8) is 0 Å². The standard InChI is InChI=1S/C20H23NO2/c1-19(2)12-20(3,4)17-11-14(7-10-16(17)19)21-18(23)13-5-8-15(22)9-6-13/h5-11,22H,12H2,1-4H3,(H,21,23). The zero-order valence-corrected chi connectivity index (χ0v) is 14.1. The van der Waals surface area contributed by atoms with Gasteiger partial charge in [-0.3, -0.25) is 4.79 Å². The van der Waals surface area contributed by atoms with E-state index in [1.54, 1.807) is 12.1 Å². The first kappa shape index (κ1) is 15.6. The normalized spacial score (nSPS) is 17.6. The fourth-order valence-corrected chi connectivity index (χ4v) is 3.88. The van der Waals surface area contributed by atoms with Crippen molar-refractivity contribution < 1.29 is 9.90 Å². The highest BCUT2D eigenvalue weighted by Gasteiger charge is 2.41. The number of carbonyl (C=O) groups is 1. The van der Waals surface area contributed by atoms with Crippen LogP contribution in [0.1, 0.15) is 55.6 Å². The predicted molar refractivity (Wildman–Crippen MR) is 93.2 cm³/mol. The van der Waals surface area contributed by atoms with Crippen LogP contribution in [0, 0.1) is 0 Å². The average Bonchev–Trinajstić information content (AvgIpc) is 2.64. The topological polar surface area (TPSA) is 49.3 Å². The molecule has 0 saturated heterocycles. The Labute approximate surface area is 137 Å². The summed E-state index contributed by atoms with van der Waals surface area (Å²) in [6.07, 6.45) is 1.10. The molecule has 2 aromatic rings. The van der Waals surface area contributed by atoms with Crippen LogP contribution < -0.4 is 5.32 Å². The molecule has 23 heavy (non-hydrogen) atoms. The van der Waals surface area contributed by atoms with Gasteiger partial charge >= 0.3 is 0 Å². The lowest BCUT2D eigenvalue weighted by Gasteiger charge is -2.22. The minimum absolute atomic E-state index is 0.109. The number of fused-ring (bicyclic) bond motifs is 1. The fraction of sp³-hybridized carbons (Fsp3) is 0.350. The third kappa shape index (κ3) is 2.83. The van der Waals surface area contributed by atoms with Crippen LogP contribution in [0.4, 0.5) is 5.69 Å². The minimum Gasteiger partial charge on any atom is -0.508 e. The van der Waals surface area contributed by atoms with Gasteiger partial charge in [-0.05, 0) is 64.8 Å². The molecule has 1 amide bonds. The van der Waals surface area contributed by atoms with Crippen molar-refractivity contribution in [3.05, 3.63) is 59.2 Å². The highest BCUT2D eigenvalue weighted by Crippen LogP contribution is 2.49.